The Labute approximate surface area is 220 Å². The quantitative estimate of drug-likeness (QED) is 0.408. The second kappa shape index (κ2) is 10.2. The minimum Gasteiger partial charge on any atom is -0.493 e. The van der Waals surface area contributed by atoms with Gasteiger partial charge in [-0.1, -0.05) is 17.7 Å². The summed E-state index contributed by atoms with van der Waals surface area (Å²) in [6, 6.07) is 7.28. The van der Waals surface area contributed by atoms with E-state index in [0.29, 0.717) is 65.4 Å². The van der Waals surface area contributed by atoms with Gasteiger partial charge in [-0.05, 0) is 39.0 Å². The molecular formula is C27H31ClN4O5. The van der Waals surface area contributed by atoms with Gasteiger partial charge < -0.3 is 34.6 Å². The molecule has 0 saturated carbocycles. The number of nitrogens with zero attached hydrogens (tertiary/aromatic N) is 1. The van der Waals surface area contributed by atoms with Crippen molar-refractivity contribution >= 4 is 28.9 Å². The van der Waals surface area contributed by atoms with E-state index in [1.165, 1.54) is 0 Å². The van der Waals surface area contributed by atoms with E-state index >= 15 is 0 Å². The third-order valence-corrected chi connectivity index (χ3v) is 6.73. The number of para-hydroxylation sites is 1. The number of fused-ring (bicyclic) bond motifs is 1. The number of ether oxygens (including phenoxy) is 4. The third kappa shape index (κ3) is 5.25. The van der Waals surface area contributed by atoms with Crippen LogP contribution in [-0.4, -0.2) is 60.6 Å². The predicted octanol–water partition coefficient (Wildman–Crippen LogP) is 4.73. The highest BCUT2D eigenvalue weighted by Crippen LogP contribution is 2.43. The summed E-state index contributed by atoms with van der Waals surface area (Å²) in [5.41, 5.74) is 3.78. The topological polar surface area (TPSA) is 107 Å². The molecule has 0 spiro atoms. The Kier molecular flexibility index (Phi) is 7.02. The molecule has 2 aromatic heterocycles. The number of rotatable bonds is 7. The number of aromatic amines is 1. The first-order chi connectivity index (χ1) is 17.8. The highest BCUT2D eigenvalue weighted by Gasteiger charge is 2.32. The Balaban J connectivity index is 1.52. The fraction of sp³-hybridized carbons (Fsp3) is 0.407. The second-order valence-corrected chi connectivity index (χ2v) is 10.3. The molecule has 1 fully saturated rings. The number of methoxy groups -OCH3 is 1. The van der Waals surface area contributed by atoms with Crippen molar-refractivity contribution in [2.75, 3.05) is 32.2 Å². The van der Waals surface area contributed by atoms with Crippen LogP contribution < -0.4 is 20.1 Å². The van der Waals surface area contributed by atoms with Crippen molar-refractivity contribution in [2.45, 2.75) is 44.9 Å². The number of anilines is 2. The van der Waals surface area contributed by atoms with Crippen LogP contribution in [0, 0.1) is 0 Å². The smallest absolute Gasteiger partial charge is 0.255 e. The van der Waals surface area contributed by atoms with Crippen LogP contribution in [0.25, 0.3) is 11.3 Å². The van der Waals surface area contributed by atoms with E-state index in [1.54, 1.807) is 25.6 Å². The van der Waals surface area contributed by atoms with Gasteiger partial charge >= 0.3 is 0 Å². The Hall–Kier alpha value is -3.27. The number of aromatic nitrogens is 2. The van der Waals surface area contributed by atoms with Crippen molar-refractivity contribution < 1.29 is 23.7 Å². The molecule has 3 N–H and O–H groups in total. The fourth-order valence-electron chi connectivity index (χ4n) is 4.59. The summed E-state index contributed by atoms with van der Waals surface area (Å²) in [5.74, 6) is 0.883. The summed E-state index contributed by atoms with van der Waals surface area (Å²) in [6.45, 7) is 7.21. The van der Waals surface area contributed by atoms with E-state index < -0.39 is 0 Å². The van der Waals surface area contributed by atoms with E-state index in [9.17, 15) is 4.79 Å². The van der Waals surface area contributed by atoms with Gasteiger partial charge in [0.25, 0.3) is 5.91 Å². The Morgan fingerprint density at radius 3 is 2.89 bits per heavy atom. The molecular weight excluding hydrogens is 496 g/mol. The maximum atomic E-state index is 13.1. The van der Waals surface area contributed by atoms with Gasteiger partial charge in [0.05, 0.1) is 59.8 Å². The zero-order chi connectivity index (χ0) is 26.2. The van der Waals surface area contributed by atoms with Gasteiger partial charge in [-0.25, -0.2) is 0 Å². The largest absolute Gasteiger partial charge is 0.493 e. The number of H-pyrrole nitrogens is 1. The first kappa shape index (κ1) is 25.4. The summed E-state index contributed by atoms with van der Waals surface area (Å²) >= 11 is 6.37. The number of hydrogen-bond acceptors (Lipinski definition) is 7. The van der Waals surface area contributed by atoms with Crippen molar-refractivity contribution in [3.8, 4) is 22.8 Å². The van der Waals surface area contributed by atoms with Gasteiger partial charge in [0.2, 0.25) is 0 Å². The number of pyridine rings is 1. The van der Waals surface area contributed by atoms with Crippen LogP contribution in [0.5, 0.6) is 11.5 Å². The lowest BCUT2D eigenvalue weighted by Gasteiger charge is -2.34. The molecule has 2 atom stereocenters. The minimum atomic E-state index is -0.307. The molecule has 1 unspecified atom stereocenters. The van der Waals surface area contributed by atoms with Crippen LogP contribution in [-0.2, 0) is 15.9 Å². The molecule has 1 saturated heterocycles. The molecule has 3 aromatic rings. The molecule has 1 aromatic carbocycles. The van der Waals surface area contributed by atoms with Crippen molar-refractivity contribution in [2.24, 2.45) is 0 Å². The monoisotopic (exact) mass is 526 g/mol. The normalized spacial score (nSPS) is 20.6. The van der Waals surface area contributed by atoms with Gasteiger partial charge in [0.15, 0.2) is 5.75 Å². The van der Waals surface area contributed by atoms with Crippen molar-refractivity contribution in [3.05, 3.63) is 52.9 Å². The Morgan fingerprint density at radius 1 is 1.30 bits per heavy atom. The molecule has 2 aliphatic heterocycles. The first-order valence-electron chi connectivity index (χ1n) is 12.2. The predicted molar refractivity (Wildman–Crippen MR) is 141 cm³/mol. The zero-order valence-electron chi connectivity index (χ0n) is 21.3. The van der Waals surface area contributed by atoms with Crippen molar-refractivity contribution in [1.29, 1.82) is 0 Å². The molecule has 5 rings (SSSR count). The number of benzene rings is 1. The molecule has 196 valence electrons. The van der Waals surface area contributed by atoms with Crippen molar-refractivity contribution in [1.82, 2.24) is 15.3 Å². The lowest BCUT2D eigenvalue weighted by Crippen LogP contribution is -2.44. The molecule has 4 heterocycles. The highest BCUT2D eigenvalue weighted by atomic mass is 35.5. The number of halogens is 1. The van der Waals surface area contributed by atoms with Crippen LogP contribution in [0.1, 0.15) is 36.8 Å². The zero-order valence-corrected chi connectivity index (χ0v) is 22.1. The highest BCUT2D eigenvalue weighted by molar-refractivity contribution is 6.32. The molecule has 0 aliphatic carbocycles. The molecule has 10 heteroatoms. The number of carbonyl (C=O) groups is 1. The SMILES string of the molecule is COc1c(Cl)cccc1Nc1c(-c2ccncc2OCC2COC(C)(C)CO2)[nH]c2c1C(=O)N[C@H](C)C2. The summed E-state index contributed by atoms with van der Waals surface area (Å²) in [7, 11) is 1.56. The number of carbonyl (C=O) groups excluding carboxylic acids is 1. The Morgan fingerprint density at radius 2 is 2.14 bits per heavy atom. The second-order valence-electron chi connectivity index (χ2n) is 9.94. The molecule has 37 heavy (non-hydrogen) atoms. The molecule has 9 nitrogen and oxygen atoms in total. The van der Waals surface area contributed by atoms with Gasteiger partial charge in [-0.3, -0.25) is 9.78 Å². The van der Waals surface area contributed by atoms with Crippen LogP contribution in [0.15, 0.2) is 36.7 Å². The van der Waals surface area contributed by atoms with Gasteiger partial charge in [0, 0.05) is 29.9 Å². The first-order valence-corrected chi connectivity index (χ1v) is 12.6. The van der Waals surface area contributed by atoms with E-state index in [4.69, 9.17) is 30.5 Å². The third-order valence-electron chi connectivity index (χ3n) is 6.43. The number of nitrogens with one attached hydrogen (secondary N) is 3. The summed E-state index contributed by atoms with van der Waals surface area (Å²) < 4.78 is 23.5. The van der Waals surface area contributed by atoms with E-state index in [-0.39, 0.29) is 23.7 Å². The number of amides is 1. The van der Waals surface area contributed by atoms with E-state index in [1.807, 2.05) is 39.0 Å². The van der Waals surface area contributed by atoms with Crippen LogP contribution >= 0.6 is 11.6 Å². The van der Waals surface area contributed by atoms with Gasteiger partial charge in [-0.2, -0.15) is 0 Å². The standard InChI is InChI=1S/C27H31ClN4O5/c1-15-10-20-22(26(33)30-15)24(31-19-7-5-6-18(28)25(19)34-4)23(32-20)17-8-9-29-11-21(17)35-12-16-13-37-27(2,3)14-36-16/h5-9,11,15-16,31-32H,10,12-14H2,1-4H3,(H,30,33)/t15-,16?/m1/s1. The van der Waals surface area contributed by atoms with E-state index in [0.717, 1.165) is 11.3 Å². The molecule has 2 aliphatic rings. The average Bonchev–Trinajstić information content (AvgIpc) is 3.21. The van der Waals surface area contributed by atoms with Crippen LogP contribution in [0.3, 0.4) is 0 Å². The maximum Gasteiger partial charge on any atom is 0.255 e. The van der Waals surface area contributed by atoms with Crippen LogP contribution in [0.2, 0.25) is 5.02 Å². The fourth-order valence-corrected chi connectivity index (χ4v) is 4.84. The summed E-state index contributed by atoms with van der Waals surface area (Å²) in [4.78, 5) is 20.9. The molecule has 0 bridgehead atoms. The van der Waals surface area contributed by atoms with Gasteiger partial charge in [0.1, 0.15) is 18.5 Å². The minimum absolute atomic E-state index is 0.000849. The van der Waals surface area contributed by atoms with Crippen LogP contribution in [0.4, 0.5) is 11.4 Å². The molecule has 1 amide bonds. The Bertz CT molecular complexity index is 1300. The summed E-state index contributed by atoms with van der Waals surface area (Å²) in [6.07, 6.45) is 3.82. The van der Waals surface area contributed by atoms with Gasteiger partial charge in [-0.15, -0.1) is 0 Å². The lowest BCUT2D eigenvalue weighted by atomic mass is 10.0. The van der Waals surface area contributed by atoms with Crippen molar-refractivity contribution in [3.63, 3.8) is 0 Å². The molecule has 0 radical (unpaired) electrons. The number of hydrogen-bond donors (Lipinski definition) is 3. The summed E-state index contributed by atoms with van der Waals surface area (Å²) in [5, 5.41) is 6.89. The maximum absolute atomic E-state index is 13.1. The average molecular weight is 527 g/mol. The van der Waals surface area contributed by atoms with E-state index in [2.05, 4.69) is 20.6 Å². The lowest BCUT2D eigenvalue weighted by molar-refractivity contribution is -0.181.